The second-order valence-corrected chi connectivity index (χ2v) is 1.72. The van der Waals surface area contributed by atoms with Crippen molar-refractivity contribution >= 4 is 18.2 Å². The summed E-state index contributed by atoms with van der Waals surface area (Å²) in [5.74, 6) is -1.35. The van der Waals surface area contributed by atoms with Crippen LogP contribution in [0.2, 0.25) is 0 Å². The van der Waals surface area contributed by atoms with Gasteiger partial charge in [-0.25, -0.2) is 0 Å². The fourth-order valence-corrected chi connectivity index (χ4v) is 0.407. The van der Waals surface area contributed by atoms with Gasteiger partial charge in [0.05, 0.1) is 0 Å². The molecule has 0 aliphatic carbocycles. The van der Waals surface area contributed by atoms with Gasteiger partial charge in [-0.3, -0.25) is 14.4 Å². The molecule has 0 spiro atoms. The van der Waals surface area contributed by atoms with Gasteiger partial charge < -0.3 is 9.47 Å². The third-order valence-electron chi connectivity index (χ3n) is 0.675. The number of hydrogen-bond acceptors (Lipinski definition) is 5. The van der Waals surface area contributed by atoms with Gasteiger partial charge in [0.1, 0.15) is 0 Å². The monoisotopic (exact) mass is 160 g/mol. The van der Waals surface area contributed by atoms with Crippen molar-refractivity contribution in [3.63, 3.8) is 0 Å². The van der Waals surface area contributed by atoms with E-state index in [0.717, 1.165) is 13.8 Å². The summed E-state index contributed by atoms with van der Waals surface area (Å²) in [5.41, 5.74) is 0. The van der Waals surface area contributed by atoms with E-state index in [1.807, 2.05) is 0 Å². The number of ether oxygens (including phenoxy) is 2. The van der Waals surface area contributed by atoms with E-state index >= 15 is 0 Å². The maximum absolute atomic E-state index is 10.2. The van der Waals surface area contributed by atoms with Crippen LogP contribution in [0.4, 0.5) is 0 Å². The van der Waals surface area contributed by atoms with Gasteiger partial charge in [-0.15, -0.1) is 0 Å². The lowest BCUT2D eigenvalue weighted by Crippen LogP contribution is -2.23. The van der Waals surface area contributed by atoms with Crippen molar-refractivity contribution in [3.05, 3.63) is 0 Å². The first-order valence-corrected chi connectivity index (χ1v) is 2.86. The Labute approximate surface area is 63.3 Å². The molecule has 62 valence electrons. The van der Waals surface area contributed by atoms with E-state index < -0.39 is 18.2 Å². The van der Waals surface area contributed by atoms with E-state index in [1.54, 1.807) is 0 Å². The summed E-state index contributed by atoms with van der Waals surface area (Å²) < 4.78 is 8.52. The Kier molecular flexibility index (Phi) is 3.87. The lowest BCUT2D eigenvalue weighted by Gasteiger charge is -2.08. The standard InChI is InChI=1S/C6H8O5/c1-4(8)10-6(3-7)11-5(2)9/h3,6H,1-2H3. The predicted molar refractivity (Wildman–Crippen MR) is 33.4 cm³/mol. The van der Waals surface area contributed by atoms with Crippen LogP contribution in [0.3, 0.4) is 0 Å². The molecule has 0 unspecified atom stereocenters. The summed E-state index contributed by atoms with van der Waals surface area (Å²) in [6, 6.07) is 0. The third kappa shape index (κ3) is 5.07. The molecular weight excluding hydrogens is 152 g/mol. The van der Waals surface area contributed by atoms with Gasteiger partial charge in [0.2, 0.25) is 6.29 Å². The summed E-state index contributed by atoms with van der Waals surface area (Å²) >= 11 is 0. The van der Waals surface area contributed by atoms with Crippen LogP contribution in [0.5, 0.6) is 0 Å². The highest BCUT2D eigenvalue weighted by molar-refractivity contribution is 5.72. The van der Waals surface area contributed by atoms with E-state index in [-0.39, 0.29) is 6.29 Å². The van der Waals surface area contributed by atoms with E-state index in [2.05, 4.69) is 9.47 Å². The maximum Gasteiger partial charge on any atom is 0.306 e. The molecule has 0 aromatic rings. The van der Waals surface area contributed by atoms with Crippen LogP contribution in [0.15, 0.2) is 0 Å². The second-order valence-electron chi connectivity index (χ2n) is 1.72. The molecular formula is C6H8O5. The topological polar surface area (TPSA) is 69.7 Å². The minimum atomic E-state index is -1.41. The molecule has 0 amide bonds. The molecule has 5 heteroatoms. The Morgan fingerprint density at radius 1 is 1.18 bits per heavy atom. The van der Waals surface area contributed by atoms with E-state index in [0.29, 0.717) is 0 Å². The molecule has 0 saturated heterocycles. The average molecular weight is 160 g/mol. The van der Waals surface area contributed by atoms with Gasteiger partial charge in [-0.2, -0.15) is 0 Å². The Morgan fingerprint density at radius 3 is 1.73 bits per heavy atom. The zero-order valence-electron chi connectivity index (χ0n) is 6.20. The number of hydrogen-bond donors (Lipinski definition) is 0. The van der Waals surface area contributed by atoms with Crippen molar-refractivity contribution in [2.24, 2.45) is 0 Å². The normalized spacial score (nSPS) is 9.00. The summed E-state index contributed by atoms with van der Waals surface area (Å²) in [6.45, 7) is 2.22. The van der Waals surface area contributed by atoms with Gasteiger partial charge in [-0.1, -0.05) is 0 Å². The molecule has 0 aliphatic heterocycles. The number of esters is 2. The van der Waals surface area contributed by atoms with Gasteiger partial charge in [0.25, 0.3) is 0 Å². The Balaban J connectivity index is 3.85. The van der Waals surface area contributed by atoms with Crippen LogP contribution in [-0.4, -0.2) is 24.5 Å². The lowest BCUT2D eigenvalue weighted by molar-refractivity contribution is -0.184. The number of carbonyl (C=O) groups is 3. The zero-order chi connectivity index (χ0) is 8.85. The Bertz CT molecular complexity index is 158. The molecule has 0 heterocycles. The van der Waals surface area contributed by atoms with Crippen molar-refractivity contribution < 1.29 is 23.9 Å². The van der Waals surface area contributed by atoms with E-state index in [9.17, 15) is 14.4 Å². The Morgan fingerprint density at radius 2 is 1.55 bits per heavy atom. The van der Waals surface area contributed by atoms with Crippen molar-refractivity contribution in [3.8, 4) is 0 Å². The molecule has 0 fully saturated rings. The lowest BCUT2D eigenvalue weighted by atomic mass is 10.6. The summed E-state index contributed by atoms with van der Waals surface area (Å²) in [7, 11) is 0. The van der Waals surface area contributed by atoms with Crippen LogP contribution < -0.4 is 0 Å². The van der Waals surface area contributed by atoms with Crippen LogP contribution in [-0.2, 0) is 23.9 Å². The van der Waals surface area contributed by atoms with Crippen molar-refractivity contribution in [2.45, 2.75) is 20.1 Å². The molecule has 0 bridgehead atoms. The van der Waals surface area contributed by atoms with Crippen LogP contribution in [0, 0.1) is 0 Å². The largest absolute Gasteiger partial charge is 0.418 e. The van der Waals surface area contributed by atoms with Crippen LogP contribution in [0.25, 0.3) is 0 Å². The fraction of sp³-hybridized carbons (Fsp3) is 0.500. The molecule has 0 aromatic heterocycles. The van der Waals surface area contributed by atoms with Crippen LogP contribution >= 0.6 is 0 Å². The SMILES string of the molecule is CC(=O)OC(C=O)OC(C)=O. The fourth-order valence-electron chi connectivity index (χ4n) is 0.407. The second kappa shape index (κ2) is 4.43. The highest BCUT2D eigenvalue weighted by atomic mass is 16.7. The van der Waals surface area contributed by atoms with E-state index in [1.165, 1.54) is 0 Å². The molecule has 0 saturated carbocycles. The predicted octanol–water partition coefficient (Wildman–Crippen LogP) is -0.362. The van der Waals surface area contributed by atoms with Crippen molar-refractivity contribution in [1.29, 1.82) is 0 Å². The summed E-state index contributed by atoms with van der Waals surface area (Å²) in [6.07, 6.45) is -1.19. The third-order valence-corrected chi connectivity index (χ3v) is 0.675. The van der Waals surface area contributed by atoms with E-state index in [4.69, 9.17) is 0 Å². The molecule has 0 N–H and O–H groups in total. The first kappa shape index (κ1) is 9.61. The highest BCUT2D eigenvalue weighted by Crippen LogP contribution is 1.91. The number of rotatable bonds is 3. The molecule has 11 heavy (non-hydrogen) atoms. The zero-order valence-corrected chi connectivity index (χ0v) is 6.20. The summed E-state index contributed by atoms with van der Waals surface area (Å²) in [5, 5.41) is 0. The van der Waals surface area contributed by atoms with Gasteiger partial charge in [0, 0.05) is 13.8 Å². The molecule has 0 radical (unpaired) electrons. The number of aldehydes is 1. The summed E-state index contributed by atoms with van der Waals surface area (Å²) in [4.78, 5) is 30.5. The maximum atomic E-state index is 10.2. The molecule has 0 atom stereocenters. The first-order valence-electron chi connectivity index (χ1n) is 2.86. The van der Waals surface area contributed by atoms with Gasteiger partial charge in [0.15, 0.2) is 0 Å². The average Bonchev–Trinajstić information content (AvgIpc) is 1.84. The molecule has 0 rings (SSSR count). The van der Waals surface area contributed by atoms with Crippen molar-refractivity contribution in [2.75, 3.05) is 0 Å². The molecule has 0 aromatic carbocycles. The Hall–Kier alpha value is -1.39. The molecule has 5 nitrogen and oxygen atoms in total. The first-order chi connectivity index (χ1) is 5.06. The minimum absolute atomic E-state index is 0.225. The van der Waals surface area contributed by atoms with Gasteiger partial charge >= 0.3 is 18.2 Å². The quantitative estimate of drug-likeness (QED) is 0.320. The van der Waals surface area contributed by atoms with Gasteiger partial charge in [-0.05, 0) is 0 Å². The van der Waals surface area contributed by atoms with Crippen molar-refractivity contribution in [1.82, 2.24) is 0 Å². The molecule has 0 aliphatic rings. The van der Waals surface area contributed by atoms with Crippen LogP contribution in [0.1, 0.15) is 13.8 Å². The number of carbonyl (C=O) groups excluding carboxylic acids is 3. The highest BCUT2D eigenvalue weighted by Gasteiger charge is 2.12. The minimum Gasteiger partial charge on any atom is -0.418 e. The smallest absolute Gasteiger partial charge is 0.306 e.